The van der Waals surface area contributed by atoms with Crippen LogP contribution in [0.3, 0.4) is 0 Å². The van der Waals surface area contributed by atoms with Crippen molar-refractivity contribution in [2.24, 2.45) is 0 Å². The first kappa shape index (κ1) is 9.69. The Kier molecular flexibility index (Phi) is 2.86. The normalized spacial score (nSPS) is 10.8. The Labute approximate surface area is 78.9 Å². The van der Waals surface area contributed by atoms with E-state index in [1.165, 1.54) is 22.6 Å². The molecule has 0 bridgehead atoms. The maximum atomic E-state index is 12.6. The standard InChI is InChI=1S/C6H2F4IN/c7-2-1-12-5(6(9)10)4(11)3(2)8/h1,6H. The van der Waals surface area contributed by atoms with Crippen molar-refractivity contribution < 1.29 is 17.6 Å². The molecule has 1 aromatic heterocycles. The predicted octanol–water partition coefficient (Wildman–Crippen LogP) is 2.90. The SMILES string of the molecule is Fc1cnc(C(F)F)c(I)c1F. The molecule has 1 heterocycles. The largest absolute Gasteiger partial charge is 0.281 e. The van der Waals surface area contributed by atoms with Crippen molar-refractivity contribution in [2.75, 3.05) is 0 Å². The van der Waals surface area contributed by atoms with E-state index < -0.39 is 27.3 Å². The fraction of sp³-hybridized carbons (Fsp3) is 0.167. The monoisotopic (exact) mass is 291 g/mol. The van der Waals surface area contributed by atoms with Crippen LogP contribution < -0.4 is 0 Å². The van der Waals surface area contributed by atoms with E-state index in [-0.39, 0.29) is 0 Å². The highest BCUT2D eigenvalue weighted by Crippen LogP contribution is 2.24. The molecule has 0 saturated heterocycles. The van der Waals surface area contributed by atoms with Gasteiger partial charge in [-0.05, 0) is 22.6 Å². The van der Waals surface area contributed by atoms with Crippen molar-refractivity contribution >= 4 is 22.6 Å². The van der Waals surface area contributed by atoms with Gasteiger partial charge in [0.15, 0.2) is 11.6 Å². The number of halogens is 5. The lowest BCUT2D eigenvalue weighted by molar-refractivity contribution is 0.144. The second kappa shape index (κ2) is 3.55. The van der Waals surface area contributed by atoms with Gasteiger partial charge in [0.1, 0.15) is 5.69 Å². The van der Waals surface area contributed by atoms with Crippen LogP contribution in [0.25, 0.3) is 0 Å². The highest BCUT2D eigenvalue weighted by atomic mass is 127. The summed E-state index contributed by atoms with van der Waals surface area (Å²) in [5.41, 5.74) is -0.727. The zero-order valence-electron chi connectivity index (χ0n) is 5.49. The Balaban J connectivity index is 3.27. The summed E-state index contributed by atoms with van der Waals surface area (Å²) < 4.78 is 48.4. The topological polar surface area (TPSA) is 12.9 Å². The number of nitrogens with zero attached hydrogens (tertiary/aromatic N) is 1. The van der Waals surface area contributed by atoms with E-state index >= 15 is 0 Å². The van der Waals surface area contributed by atoms with E-state index in [9.17, 15) is 17.6 Å². The van der Waals surface area contributed by atoms with Gasteiger partial charge in [-0.25, -0.2) is 17.6 Å². The van der Waals surface area contributed by atoms with Crippen LogP contribution in [0.4, 0.5) is 17.6 Å². The van der Waals surface area contributed by atoms with Gasteiger partial charge < -0.3 is 0 Å². The summed E-state index contributed by atoms with van der Waals surface area (Å²) in [4.78, 5) is 3.07. The molecule has 12 heavy (non-hydrogen) atoms. The molecule has 0 amide bonds. The van der Waals surface area contributed by atoms with Gasteiger partial charge in [0.25, 0.3) is 6.43 Å². The van der Waals surface area contributed by atoms with Crippen molar-refractivity contribution in [2.45, 2.75) is 6.43 Å². The van der Waals surface area contributed by atoms with Gasteiger partial charge in [-0.1, -0.05) is 0 Å². The summed E-state index contributed by atoms with van der Waals surface area (Å²) in [5, 5.41) is 0. The van der Waals surface area contributed by atoms with E-state index in [1.54, 1.807) is 0 Å². The molecule has 0 aliphatic rings. The zero-order chi connectivity index (χ0) is 9.30. The lowest BCUT2D eigenvalue weighted by Crippen LogP contribution is -2.00. The minimum Gasteiger partial charge on any atom is -0.251 e. The Morgan fingerprint density at radius 3 is 2.42 bits per heavy atom. The van der Waals surface area contributed by atoms with Crippen LogP contribution in [0, 0.1) is 15.2 Å². The van der Waals surface area contributed by atoms with Crippen LogP contribution in [0.1, 0.15) is 12.1 Å². The van der Waals surface area contributed by atoms with Gasteiger partial charge in [0, 0.05) is 0 Å². The molecule has 0 aliphatic carbocycles. The number of alkyl halides is 2. The molecule has 0 N–H and O–H groups in total. The molecule has 0 fully saturated rings. The molecule has 1 nitrogen and oxygen atoms in total. The first-order valence-electron chi connectivity index (χ1n) is 2.81. The molecular weight excluding hydrogens is 289 g/mol. The summed E-state index contributed by atoms with van der Waals surface area (Å²) in [5.74, 6) is -2.50. The van der Waals surface area contributed by atoms with Gasteiger partial charge in [-0.15, -0.1) is 0 Å². The van der Waals surface area contributed by atoms with Crippen molar-refractivity contribution in [3.8, 4) is 0 Å². The summed E-state index contributed by atoms with van der Waals surface area (Å²) in [6.45, 7) is 0. The highest BCUT2D eigenvalue weighted by Gasteiger charge is 2.18. The van der Waals surface area contributed by atoms with Crippen molar-refractivity contribution in [3.63, 3.8) is 0 Å². The number of aromatic nitrogens is 1. The third-order valence-electron chi connectivity index (χ3n) is 1.15. The maximum absolute atomic E-state index is 12.6. The van der Waals surface area contributed by atoms with Crippen LogP contribution in [-0.4, -0.2) is 4.98 Å². The van der Waals surface area contributed by atoms with Gasteiger partial charge in [-0.3, -0.25) is 4.98 Å². The summed E-state index contributed by atoms with van der Waals surface area (Å²) in [6, 6.07) is 0. The van der Waals surface area contributed by atoms with Crippen LogP contribution in [0.5, 0.6) is 0 Å². The average molecular weight is 291 g/mol. The average Bonchev–Trinajstić information content (AvgIpc) is 2.00. The van der Waals surface area contributed by atoms with Crippen LogP contribution in [0.15, 0.2) is 6.20 Å². The molecular formula is C6H2F4IN. The molecule has 0 unspecified atom stereocenters. The Hall–Kier alpha value is -0.400. The fourth-order valence-corrected chi connectivity index (χ4v) is 1.24. The van der Waals surface area contributed by atoms with Gasteiger partial charge in [0.05, 0.1) is 9.77 Å². The highest BCUT2D eigenvalue weighted by molar-refractivity contribution is 14.1. The van der Waals surface area contributed by atoms with Crippen LogP contribution in [0.2, 0.25) is 0 Å². The molecule has 6 heteroatoms. The summed E-state index contributed by atoms with van der Waals surface area (Å²) >= 11 is 1.29. The Morgan fingerprint density at radius 2 is 1.92 bits per heavy atom. The second-order valence-electron chi connectivity index (χ2n) is 1.92. The van der Waals surface area contributed by atoms with Crippen LogP contribution >= 0.6 is 22.6 Å². The van der Waals surface area contributed by atoms with Gasteiger partial charge >= 0.3 is 0 Å². The minimum atomic E-state index is -2.88. The molecule has 1 aromatic rings. The first-order chi connectivity index (χ1) is 5.54. The van der Waals surface area contributed by atoms with E-state index in [2.05, 4.69) is 4.98 Å². The minimum absolute atomic E-state index is 0.443. The summed E-state index contributed by atoms with van der Waals surface area (Å²) in [7, 11) is 0. The van der Waals surface area contributed by atoms with E-state index in [0.717, 1.165) is 0 Å². The smallest absolute Gasteiger partial charge is 0.251 e. The molecule has 0 saturated carbocycles. The number of hydrogen-bond donors (Lipinski definition) is 0. The van der Waals surface area contributed by atoms with E-state index in [0.29, 0.717) is 6.20 Å². The van der Waals surface area contributed by atoms with Crippen molar-refractivity contribution in [1.29, 1.82) is 0 Å². The molecule has 0 atom stereocenters. The lowest BCUT2D eigenvalue weighted by atomic mass is 10.3. The van der Waals surface area contributed by atoms with Gasteiger partial charge in [0.2, 0.25) is 0 Å². The molecule has 1 rings (SSSR count). The van der Waals surface area contributed by atoms with Crippen LogP contribution in [-0.2, 0) is 0 Å². The molecule has 0 aromatic carbocycles. The molecule has 66 valence electrons. The molecule has 0 aliphatic heterocycles. The fourth-order valence-electron chi connectivity index (χ4n) is 0.609. The second-order valence-corrected chi connectivity index (χ2v) is 3.00. The van der Waals surface area contributed by atoms with Crippen molar-refractivity contribution in [3.05, 3.63) is 27.1 Å². The predicted molar refractivity (Wildman–Crippen MR) is 41.8 cm³/mol. The zero-order valence-corrected chi connectivity index (χ0v) is 7.65. The number of hydrogen-bond acceptors (Lipinski definition) is 1. The molecule has 0 spiro atoms. The first-order valence-corrected chi connectivity index (χ1v) is 3.89. The van der Waals surface area contributed by atoms with E-state index in [4.69, 9.17) is 0 Å². The third kappa shape index (κ3) is 1.67. The quantitative estimate of drug-likeness (QED) is 0.572. The van der Waals surface area contributed by atoms with E-state index in [1.807, 2.05) is 0 Å². The molecule has 0 radical (unpaired) electrons. The maximum Gasteiger partial charge on any atom is 0.281 e. The lowest BCUT2D eigenvalue weighted by Gasteiger charge is -2.02. The summed E-state index contributed by atoms with van der Waals surface area (Å²) in [6.07, 6.45) is -2.44. The third-order valence-corrected chi connectivity index (χ3v) is 2.18. The van der Waals surface area contributed by atoms with Gasteiger partial charge in [-0.2, -0.15) is 0 Å². The van der Waals surface area contributed by atoms with Crippen molar-refractivity contribution in [1.82, 2.24) is 4.98 Å². The number of pyridine rings is 1. The Bertz CT molecular complexity index is 302. The Morgan fingerprint density at radius 1 is 1.33 bits per heavy atom. The number of rotatable bonds is 1.